The number of anilines is 5. The Morgan fingerprint density at radius 1 is 1.06 bits per heavy atom. The monoisotopic (exact) mass is 495 g/mol. The summed E-state index contributed by atoms with van der Waals surface area (Å²) in [5.41, 5.74) is 5.69. The number of nitrogens with one attached hydrogen (secondary N) is 2. The molecule has 0 atom stereocenters. The molecule has 0 bridgehead atoms. The molecular weight excluding hydrogens is 469 g/mol. The molecule has 0 aliphatic carbocycles. The second-order valence-corrected chi connectivity index (χ2v) is 12.6. The average Bonchev–Trinajstić information content (AvgIpc) is 3.31. The third-order valence-corrected chi connectivity index (χ3v) is 8.15. The van der Waals surface area contributed by atoms with Gasteiger partial charge in [-0.3, -0.25) is 0 Å². The van der Waals surface area contributed by atoms with Crippen LogP contribution in [0.5, 0.6) is 0 Å². The molecule has 0 unspecified atom stereocenters. The summed E-state index contributed by atoms with van der Waals surface area (Å²) < 4.78 is 15.3. The molecule has 2 aromatic heterocycles. The largest absolute Gasteiger partial charge is 0.343 e. The second-order valence-electron chi connectivity index (χ2n) is 9.08. The van der Waals surface area contributed by atoms with Crippen molar-refractivity contribution < 1.29 is 4.57 Å². The molecule has 0 amide bonds. The lowest BCUT2D eigenvalue weighted by Gasteiger charge is -2.19. The van der Waals surface area contributed by atoms with Crippen LogP contribution in [0.25, 0.3) is 11.0 Å². The maximum Gasteiger partial charge on any atom is 0.229 e. The Hall–Kier alpha value is -3.09. The number of rotatable bonds is 5. The van der Waals surface area contributed by atoms with Gasteiger partial charge in [-0.25, -0.2) is 9.97 Å². The molecule has 3 heterocycles. The van der Waals surface area contributed by atoms with Gasteiger partial charge in [0.1, 0.15) is 12.2 Å². The summed E-state index contributed by atoms with van der Waals surface area (Å²) in [6.45, 7) is 9.46. The maximum absolute atomic E-state index is 13.0. The normalized spacial score (nSPS) is 13.4. The van der Waals surface area contributed by atoms with Crippen LogP contribution in [0.2, 0.25) is 5.02 Å². The van der Waals surface area contributed by atoms with E-state index in [0.717, 1.165) is 57.9 Å². The number of halogens is 1. The zero-order chi connectivity index (χ0) is 24.2. The molecular formula is C24H27ClN7OP. The molecule has 0 radical (unpaired) electrons. The van der Waals surface area contributed by atoms with Crippen molar-refractivity contribution >= 4 is 64.2 Å². The first-order chi connectivity index (χ1) is 16.1. The summed E-state index contributed by atoms with van der Waals surface area (Å²) in [6.07, 6.45) is 1.55. The summed E-state index contributed by atoms with van der Waals surface area (Å²) >= 11 is 6.42. The van der Waals surface area contributed by atoms with Crippen LogP contribution in [-0.2, 0) is 11.1 Å². The summed E-state index contributed by atoms with van der Waals surface area (Å²) in [6, 6.07) is 9.97. The first-order valence-corrected chi connectivity index (χ1v) is 14.0. The number of fused-ring (bicyclic) bond motifs is 3. The number of hydrogen-bond acceptors (Lipinski definition) is 7. The van der Waals surface area contributed by atoms with E-state index in [9.17, 15) is 4.57 Å². The van der Waals surface area contributed by atoms with E-state index in [1.807, 2.05) is 38.1 Å². The van der Waals surface area contributed by atoms with Gasteiger partial charge in [0.15, 0.2) is 5.82 Å². The fourth-order valence-electron chi connectivity index (χ4n) is 4.42. The van der Waals surface area contributed by atoms with Crippen LogP contribution < -0.4 is 20.8 Å². The number of likely N-dealkylation sites (N-methyl/N-ethyl adjacent to an activating group) is 1. The standard InChI is InChI=1S/C24H27ClN7OP/c1-14-6-8-18(21(15(14)2)34(4,5)33)28-22-17(25)13-26-23(30-22)27-16-7-9-20-19(12-16)29-24-31(3)10-11-32(20)24/h6-9,12-13H,10-11H2,1-5H3,(H2,26,27,28,30). The summed E-state index contributed by atoms with van der Waals surface area (Å²) in [5.74, 6) is 1.83. The third kappa shape index (κ3) is 4.01. The SMILES string of the molecule is Cc1ccc(Nc2nc(Nc3ccc4c(c3)nc3n4CCN3C)ncc2Cl)c(P(C)(C)=O)c1C. The minimum absolute atomic E-state index is 0.376. The highest BCUT2D eigenvalue weighted by molar-refractivity contribution is 7.70. The molecule has 2 N–H and O–H groups in total. The van der Waals surface area contributed by atoms with Crippen LogP contribution in [-0.4, -0.2) is 46.4 Å². The van der Waals surface area contributed by atoms with Gasteiger partial charge in [-0.15, -0.1) is 0 Å². The Morgan fingerprint density at radius 2 is 1.85 bits per heavy atom. The molecule has 8 nitrogen and oxygen atoms in total. The van der Waals surface area contributed by atoms with Gasteiger partial charge in [-0.05, 0) is 62.6 Å². The summed E-state index contributed by atoms with van der Waals surface area (Å²) in [4.78, 5) is 15.8. The lowest BCUT2D eigenvalue weighted by atomic mass is 10.1. The number of imidazole rings is 1. The Kier molecular flexibility index (Phi) is 5.53. The molecule has 1 aliphatic rings. The molecule has 0 saturated carbocycles. The van der Waals surface area contributed by atoms with Crippen molar-refractivity contribution in [2.45, 2.75) is 20.4 Å². The van der Waals surface area contributed by atoms with Crippen molar-refractivity contribution in [3.8, 4) is 0 Å². The highest BCUT2D eigenvalue weighted by Gasteiger charge is 2.22. The van der Waals surface area contributed by atoms with E-state index in [4.69, 9.17) is 16.6 Å². The number of aromatic nitrogens is 4. The van der Waals surface area contributed by atoms with Crippen molar-refractivity contribution in [3.05, 3.63) is 52.7 Å². The number of hydrogen-bond donors (Lipinski definition) is 2. The molecule has 2 aromatic carbocycles. The predicted octanol–water partition coefficient (Wildman–Crippen LogP) is 5.28. The minimum Gasteiger partial charge on any atom is -0.343 e. The van der Waals surface area contributed by atoms with Gasteiger partial charge >= 0.3 is 0 Å². The average molecular weight is 496 g/mol. The Bertz CT molecular complexity index is 1480. The molecule has 5 rings (SSSR count). The van der Waals surface area contributed by atoms with E-state index < -0.39 is 7.14 Å². The molecule has 4 aromatic rings. The Morgan fingerprint density at radius 3 is 2.62 bits per heavy atom. The van der Waals surface area contributed by atoms with E-state index in [2.05, 4.69) is 43.2 Å². The fraction of sp³-hybridized carbons (Fsp3) is 0.292. The first-order valence-electron chi connectivity index (χ1n) is 11.1. The van der Waals surface area contributed by atoms with Crippen molar-refractivity contribution in [2.24, 2.45) is 0 Å². The topological polar surface area (TPSA) is 88.0 Å². The van der Waals surface area contributed by atoms with Crippen LogP contribution in [0.15, 0.2) is 36.5 Å². The first kappa shape index (κ1) is 22.7. The van der Waals surface area contributed by atoms with Crippen LogP contribution in [0, 0.1) is 13.8 Å². The smallest absolute Gasteiger partial charge is 0.229 e. The summed E-state index contributed by atoms with van der Waals surface area (Å²) in [5, 5.41) is 7.72. The van der Waals surface area contributed by atoms with Crippen LogP contribution >= 0.6 is 18.7 Å². The van der Waals surface area contributed by atoms with E-state index >= 15 is 0 Å². The highest BCUT2D eigenvalue weighted by atomic mass is 35.5. The van der Waals surface area contributed by atoms with Gasteiger partial charge in [-0.1, -0.05) is 17.7 Å². The van der Waals surface area contributed by atoms with E-state index in [0.29, 0.717) is 16.8 Å². The fourth-order valence-corrected chi connectivity index (χ4v) is 6.26. The van der Waals surface area contributed by atoms with Gasteiger partial charge in [0.05, 0.1) is 22.9 Å². The lowest BCUT2D eigenvalue weighted by molar-refractivity contribution is 0.588. The van der Waals surface area contributed by atoms with E-state index in [-0.39, 0.29) is 0 Å². The lowest BCUT2D eigenvalue weighted by Crippen LogP contribution is -2.15. The molecule has 34 heavy (non-hydrogen) atoms. The van der Waals surface area contributed by atoms with Crippen molar-refractivity contribution in [1.82, 2.24) is 19.5 Å². The van der Waals surface area contributed by atoms with Gasteiger partial charge in [0, 0.05) is 31.1 Å². The van der Waals surface area contributed by atoms with Crippen molar-refractivity contribution in [2.75, 3.05) is 42.5 Å². The van der Waals surface area contributed by atoms with Gasteiger partial charge in [-0.2, -0.15) is 4.98 Å². The number of nitrogens with zero attached hydrogens (tertiary/aromatic N) is 5. The van der Waals surface area contributed by atoms with Gasteiger partial charge in [0.2, 0.25) is 11.9 Å². The molecule has 0 saturated heterocycles. The van der Waals surface area contributed by atoms with E-state index in [1.165, 1.54) is 0 Å². The van der Waals surface area contributed by atoms with Crippen LogP contribution in [0.4, 0.5) is 29.1 Å². The Balaban J connectivity index is 1.45. The van der Waals surface area contributed by atoms with Crippen molar-refractivity contribution in [3.63, 3.8) is 0 Å². The molecule has 176 valence electrons. The minimum atomic E-state index is -2.54. The zero-order valence-corrected chi connectivity index (χ0v) is 21.5. The predicted molar refractivity (Wildman–Crippen MR) is 142 cm³/mol. The highest BCUT2D eigenvalue weighted by Crippen LogP contribution is 2.41. The molecule has 0 spiro atoms. The summed E-state index contributed by atoms with van der Waals surface area (Å²) in [7, 11) is -0.491. The maximum atomic E-state index is 13.0. The van der Waals surface area contributed by atoms with E-state index in [1.54, 1.807) is 19.5 Å². The van der Waals surface area contributed by atoms with Gasteiger partial charge in [0.25, 0.3) is 0 Å². The second kappa shape index (κ2) is 8.29. The number of benzene rings is 2. The molecule has 1 aliphatic heterocycles. The Labute approximate surface area is 203 Å². The molecule has 10 heteroatoms. The molecule has 0 fully saturated rings. The van der Waals surface area contributed by atoms with Gasteiger partial charge < -0.3 is 24.7 Å². The number of aryl methyl sites for hydroxylation is 1. The third-order valence-electron chi connectivity index (χ3n) is 6.22. The quantitative estimate of drug-likeness (QED) is 0.364. The van der Waals surface area contributed by atoms with Crippen molar-refractivity contribution in [1.29, 1.82) is 0 Å². The van der Waals surface area contributed by atoms with Crippen LogP contribution in [0.1, 0.15) is 11.1 Å². The zero-order valence-electron chi connectivity index (χ0n) is 19.8. The van der Waals surface area contributed by atoms with Crippen LogP contribution in [0.3, 0.4) is 0 Å².